The van der Waals surface area contributed by atoms with Crippen molar-refractivity contribution in [3.63, 3.8) is 0 Å². The van der Waals surface area contributed by atoms with Crippen LogP contribution in [0, 0.1) is 6.92 Å². The minimum Gasteiger partial charge on any atom is -0.376 e. The number of thioether (sulfide) groups is 1. The van der Waals surface area contributed by atoms with Gasteiger partial charge in [0.25, 0.3) is 5.56 Å². The first-order valence-corrected chi connectivity index (χ1v) is 10.5. The van der Waals surface area contributed by atoms with Gasteiger partial charge in [-0.25, -0.2) is 4.98 Å². The first-order valence-electron chi connectivity index (χ1n) is 9.11. The zero-order valence-corrected chi connectivity index (χ0v) is 16.7. The van der Waals surface area contributed by atoms with E-state index in [-0.39, 0.29) is 11.7 Å². The highest BCUT2D eigenvalue weighted by molar-refractivity contribution is 7.98. The molecule has 0 radical (unpaired) electrons. The third kappa shape index (κ3) is 4.05. The Morgan fingerprint density at radius 2 is 2.15 bits per heavy atom. The lowest BCUT2D eigenvalue weighted by Gasteiger charge is -2.17. The fourth-order valence-corrected chi connectivity index (χ4v) is 4.60. The van der Waals surface area contributed by atoms with E-state index in [1.165, 1.54) is 11.1 Å². The normalized spacial score (nSPS) is 16.9. The fraction of sp³-hybridized carbons (Fsp3) is 0.333. The maximum atomic E-state index is 13.1. The number of nitrogens with zero attached hydrogens (tertiary/aromatic N) is 2. The van der Waals surface area contributed by atoms with Crippen LogP contribution >= 0.6 is 23.4 Å². The average Bonchev–Trinajstić information content (AvgIpc) is 3.17. The SMILES string of the molecule is Cc1ccccc1CSc1nc2cc(Cl)ccc2c(=O)n1C[C@@H]1CCCO1. The molecular weight excluding hydrogens is 380 g/mol. The monoisotopic (exact) mass is 400 g/mol. The minimum atomic E-state index is -0.0283. The molecule has 1 aliphatic heterocycles. The summed E-state index contributed by atoms with van der Waals surface area (Å²) in [5.74, 6) is 0.761. The third-order valence-electron chi connectivity index (χ3n) is 4.91. The second-order valence-corrected chi connectivity index (χ2v) is 8.20. The van der Waals surface area contributed by atoms with Gasteiger partial charge in [0.15, 0.2) is 5.16 Å². The Morgan fingerprint density at radius 1 is 1.30 bits per heavy atom. The molecular formula is C21H21ClN2O2S. The van der Waals surface area contributed by atoms with E-state index in [2.05, 4.69) is 19.1 Å². The van der Waals surface area contributed by atoms with E-state index >= 15 is 0 Å². The lowest BCUT2D eigenvalue weighted by molar-refractivity contribution is 0.0937. The molecule has 1 aliphatic rings. The topological polar surface area (TPSA) is 44.1 Å². The second kappa shape index (κ2) is 8.05. The van der Waals surface area contributed by atoms with Crippen LogP contribution in [-0.2, 0) is 17.0 Å². The number of aromatic nitrogens is 2. The first-order chi connectivity index (χ1) is 13.1. The number of aryl methyl sites for hydroxylation is 1. The zero-order valence-electron chi connectivity index (χ0n) is 15.2. The molecule has 0 saturated carbocycles. The van der Waals surface area contributed by atoms with Crippen LogP contribution in [0.15, 0.2) is 52.4 Å². The van der Waals surface area contributed by atoms with Crippen molar-refractivity contribution in [2.45, 2.75) is 43.3 Å². The summed E-state index contributed by atoms with van der Waals surface area (Å²) in [6, 6.07) is 13.5. The second-order valence-electron chi connectivity index (χ2n) is 6.82. The van der Waals surface area contributed by atoms with Crippen molar-refractivity contribution in [1.29, 1.82) is 0 Å². The lowest BCUT2D eigenvalue weighted by Crippen LogP contribution is -2.28. The molecule has 4 rings (SSSR count). The van der Waals surface area contributed by atoms with Crippen molar-refractivity contribution in [3.8, 4) is 0 Å². The number of hydrogen-bond acceptors (Lipinski definition) is 4. The highest BCUT2D eigenvalue weighted by Crippen LogP contribution is 2.26. The number of fused-ring (bicyclic) bond motifs is 1. The van der Waals surface area contributed by atoms with Crippen LogP contribution < -0.4 is 5.56 Å². The molecule has 2 aromatic carbocycles. The zero-order chi connectivity index (χ0) is 18.8. The van der Waals surface area contributed by atoms with Gasteiger partial charge >= 0.3 is 0 Å². The first kappa shape index (κ1) is 18.5. The molecule has 27 heavy (non-hydrogen) atoms. The number of ether oxygens (including phenoxy) is 1. The molecule has 0 aliphatic carbocycles. The Kier molecular flexibility index (Phi) is 5.53. The van der Waals surface area contributed by atoms with Gasteiger partial charge in [0.2, 0.25) is 0 Å². The fourth-order valence-electron chi connectivity index (χ4n) is 3.35. The summed E-state index contributed by atoms with van der Waals surface area (Å²) < 4.78 is 7.54. The van der Waals surface area contributed by atoms with E-state index in [4.69, 9.17) is 21.3 Å². The van der Waals surface area contributed by atoms with Gasteiger partial charge in [0, 0.05) is 17.4 Å². The molecule has 140 valence electrons. The molecule has 1 atom stereocenters. The maximum Gasteiger partial charge on any atom is 0.262 e. The smallest absolute Gasteiger partial charge is 0.262 e. The van der Waals surface area contributed by atoms with E-state index in [0.29, 0.717) is 27.6 Å². The number of benzene rings is 2. The van der Waals surface area contributed by atoms with Crippen molar-refractivity contribution in [2.24, 2.45) is 0 Å². The van der Waals surface area contributed by atoms with E-state index in [9.17, 15) is 4.79 Å². The van der Waals surface area contributed by atoms with E-state index in [1.54, 1.807) is 34.5 Å². The van der Waals surface area contributed by atoms with Gasteiger partial charge in [-0.15, -0.1) is 0 Å². The molecule has 1 aromatic heterocycles. The minimum absolute atomic E-state index is 0.0283. The Balaban J connectivity index is 1.73. The van der Waals surface area contributed by atoms with Gasteiger partial charge < -0.3 is 4.74 Å². The molecule has 0 amide bonds. The lowest BCUT2D eigenvalue weighted by atomic mass is 10.1. The van der Waals surface area contributed by atoms with Gasteiger partial charge in [-0.1, -0.05) is 47.6 Å². The molecule has 2 heterocycles. The summed E-state index contributed by atoms with van der Waals surface area (Å²) >= 11 is 7.70. The van der Waals surface area contributed by atoms with Crippen LogP contribution in [0.2, 0.25) is 5.02 Å². The predicted molar refractivity (Wildman–Crippen MR) is 111 cm³/mol. The molecule has 1 fully saturated rings. The maximum absolute atomic E-state index is 13.1. The Morgan fingerprint density at radius 3 is 2.93 bits per heavy atom. The van der Waals surface area contributed by atoms with Gasteiger partial charge in [-0.3, -0.25) is 9.36 Å². The van der Waals surface area contributed by atoms with Crippen molar-refractivity contribution in [3.05, 3.63) is 69.0 Å². The highest BCUT2D eigenvalue weighted by Gasteiger charge is 2.20. The van der Waals surface area contributed by atoms with Gasteiger partial charge in [-0.2, -0.15) is 0 Å². The quantitative estimate of drug-likeness (QED) is 0.454. The van der Waals surface area contributed by atoms with Crippen LogP contribution in [0.5, 0.6) is 0 Å². The van der Waals surface area contributed by atoms with Gasteiger partial charge in [0.05, 0.1) is 23.6 Å². The summed E-state index contributed by atoms with van der Waals surface area (Å²) in [6.45, 7) is 3.41. The van der Waals surface area contributed by atoms with E-state index < -0.39 is 0 Å². The Bertz CT molecular complexity index is 1030. The molecule has 4 nitrogen and oxygen atoms in total. The predicted octanol–water partition coefficient (Wildman–Crippen LogP) is 4.83. The summed E-state index contributed by atoms with van der Waals surface area (Å²) in [5, 5.41) is 1.90. The standard InChI is InChI=1S/C21H21ClN2O2S/c1-14-5-2-3-6-15(14)13-27-21-23-19-11-16(22)8-9-18(19)20(25)24(21)12-17-7-4-10-26-17/h2-3,5-6,8-9,11,17H,4,7,10,12-13H2,1H3/t17-/m0/s1. The van der Waals surface area contributed by atoms with Crippen LogP contribution in [0.4, 0.5) is 0 Å². The van der Waals surface area contributed by atoms with Crippen molar-refractivity contribution < 1.29 is 4.74 Å². The number of halogens is 1. The molecule has 0 unspecified atom stereocenters. The highest BCUT2D eigenvalue weighted by atomic mass is 35.5. The van der Waals surface area contributed by atoms with Crippen molar-refractivity contribution >= 4 is 34.3 Å². The average molecular weight is 401 g/mol. The molecule has 0 spiro atoms. The Hall–Kier alpha value is -1.82. The van der Waals surface area contributed by atoms with Crippen molar-refractivity contribution in [2.75, 3.05) is 6.61 Å². The summed E-state index contributed by atoms with van der Waals surface area (Å²) in [7, 11) is 0. The van der Waals surface area contributed by atoms with E-state index in [1.807, 2.05) is 12.1 Å². The number of hydrogen-bond donors (Lipinski definition) is 0. The molecule has 0 N–H and O–H groups in total. The van der Waals surface area contributed by atoms with Crippen molar-refractivity contribution in [1.82, 2.24) is 9.55 Å². The Labute approximate surface area is 167 Å². The molecule has 3 aromatic rings. The van der Waals surface area contributed by atoms with Gasteiger partial charge in [0.1, 0.15) is 0 Å². The molecule has 1 saturated heterocycles. The molecule has 6 heteroatoms. The number of rotatable bonds is 5. The van der Waals surface area contributed by atoms with Crippen LogP contribution in [-0.4, -0.2) is 22.3 Å². The van der Waals surface area contributed by atoms with E-state index in [0.717, 1.165) is 25.2 Å². The van der Waals surface area contributed by atoms with Gasteiger partial charge in [-0.05, 0) is 49.1 Å². The van der Waals surface area contributed by atoms with Crippen LogP contribution in [0.3, 0.4) is 0 Å². The summed E-state index contributed by atoms with van der Waals surface area (Å²) in [6.07, 6.45) is 2.10. The summed E-state index contributed by atoms with van der Waals surface area (Å²) in [5.41, 5.74) is 3.09. The van der Waals surface area contributed by atoms with Crippen LogP contribution in [0.1, 0.15) is 24.0 Å². The third-order valence-corrected chi connectivity index (χ3v) is 6.17. The largest absolute Gasteiger partial charge is 0.376 e. The van der Waals surface area contributed by atoms with Crippen LogP contribution in [0.25, 0.3) is 10.9 Å². The molecule has 0 bridgehead atoms. The summed E-state index contributed by atoms with van der Waals surface area (Å²) in [4.78, 5) is 17.9.